The average molecular weight is 1010 g/mol. The first-order valence-electron chi connectivity index (χ1n) is 21.8. The van der Waals surface area contributed by atoms with E-state index in [1.54, 1.807) is 0 Å². The minimum absolute atomic E-state index is 0. The van der Waals surface area contributed by atoms with Gasteiger partial charge in [0, 0.05) is 61.3 Å². The third-order valence-corrected chi connectivity index (χ3v) is 12.5. The molecular weight excluding hydrogens is 952 g/mol. The van der Waals surface area contributed by atoms with Gasteiger partial charge in [-0.15, -0.1) is 48.3 Å². The zero-order valence-electron chi connectivity index (χ0n) is 38.4. The van der Waals surface area contributed by atoms with E-state index in [1.807, 2.05) is 18.3 Å². The topological polar surface area (TPSA) is 33.5 Å². The Morgan fingerprint density at radius 1 is 0.540 bits per heavy atom. The summed E-state index contributed by atoms with van der Waals surface area (Å²) in [7, 11) is 0. The minimum Gasteiger partial charge on any atom is -0.509 e. The Labute approximate surface area is 389 Å². The summed E-state index contributed by atoms with van der Waals surface area (Å²) in [6.07, 6.45) is 1.92. The maximum atomic E-state index is 6.93. The van der Waals surface area contributed by atoms with Gasteiger partial charge in [-0.2, -0.15) is 6.07 Å². The fourth-order valence-electron chi connectivity index (χ4n) is 8.67. The van der Waals surface area contributed by atoms with Crippen molar-refractivity contribution in [3.05, 3.63) is 186 Å². The summed E-state index contributed by atoms with van der Waals surface area (Å²) >= 11 is 0. The van der Waals surface area contributed by atoms with Gasteiger partial charge in [-0.25, -0.2) is 4.98 Å². The van der Waals surface area contributed by atoms with Gasteiger partial charge >= 0.3 is 0 Å². The van der Waals surface area contributed by atoms with Crippen LogP contribution in [-0.2, 0) is 42.7 Å². The van der Waals surface area contributed by atoms with E-state index in [4.69, 9.17) is 9.72 Å². The van der Waals surface area contributed by atoms with Crippen molar-refractivity contribution in [1.29, 1.82) is 0 Å². The first-order valence-corrected chi connectivity index (χ1v) is 21.8. The molecule has 0 saturated carbocycles. The summed E-state index contributed by atoms with van der Waals surface area (Å²) in [5.74, 6) is 2.07. The summed E-state index contributed by atoms with van der Waals surface area (Å²) in [6.45, 7) is 27.2. The predicted octanol–water partition coefficient (Wildman–Crippen LogP) is 15.2. The predicted molar refractivity (Wildman–Crippen MR) is 259 cm³/mol. The van der Waals surface area contributed by atoms with Crippen LogP contribution in [-0.4, -0.2) is 9.55 Å². The van der Waals surface area contributed by atoms with Gasteiger partial charge in [0.25, 0.3) is 0 Å². The van der Waals surface area contributed by atoms with Gasteiger partial charge in [-0.05, 0) is 91.8 Å². The molecule has 5 nitrogen and oxygen atoms in total. The molecule has 324 valence electrons. The van der Waals surface area contributed by atoms with Gasteiger partial charge in [0.2, 0.25) is 0 Å². The molecule has 0 spiro atoms. The number of aromatic nitrogens is 2. The molecule has 0 radical (unpaired) electrons. The zero-order valence-corrected chi connectivity index (χ0v) is 40.6. The van der Waals surface area contributed by atoms with Crippen molar-refractivity contribution in [2.45, 2.75) is 97.8 Å². The molecule has 1 aliphatic heterocycles. The molecule has 2 aromatic heterocycles. The largest absolute Gasteiger partial charge is 0.509 e. The first kappa shape index (κ1) is 44.0. The van der Waals surface area contributed by atoms with Crippen LogP contribution in [0.3, 0.4) is 0 Å². The summed E-state index contributed by atoms with van der Waals surface area (Å²) in [5, 5.41) is 2.28. The number of para-hydroxylation sites is 3. The summed E-state index contributed by atoms with van der Waals surface area (Å²) in [6, 6.07) is 55.0. The number of pyridine rings is 1. The number of rotatable bonds is 7. The van der Waals surface area contributed by atoms with Gasteiger partial charge < -0.3 is 19.1 Å². The van der Waals surface area contributed by atoms with E-state index >= 15 is 0 Å². The SMILES string of the molecule is CC(C)(C)c1cc(N2[CH-]N(c3[c-]c(Oc4[c-]c5c(c(C(C)(C)c6ccccc6)c4)c4ccccc4n5-c4cc(C(C)(C)C)ccn4)ccc3)c3ccccc32)cc(C(C)(C)C)c1.[Pt]. The standard InChI is InChI=1S/C57H57N4O.Pt/c1-54(2,3)39-28-29-58-52(33-39)61-48-25-16-15-24-46(48)53-47(57(10,11)38-20-13-12-14-21-38)35-45(36-51(53)61)62-44-23-19-22-42(34-44)59-37-60(50-27-18-17-26-49(50)59)43-31-40(55(4,5)6)30-41(32-43)56(7,8)9;/h12-33,35,37H,1-11H3;/q-3;. The number of benzene rings is 6. The molecule has 8 aromatic rings. The molecule has 1 aliphatic rings. The Bertz CT molecular complexity index is 2930. The average Bonchev–Trinajstić information content (AvgIpc) is 3.79. The minimum atomic E-state index is -0.386. The van der Waals surface area contributed by atoms with Gasteiger partial charge in [-0.1, -0.05) is 154 Å². The van der Waals surface area contributed by atoms with Crippen molar-refractivity contribution in [1.82, 2.24) is 9.55 Å². The second kappa shape index (κ2) is 16.2. The fraction of sp³-hybridized carbons (Fsp3) is 0.263. The van der Waals surface area contributed by atoms with Crippen molar-refractivity contribution in [2.75, 3.05) is 9.80 Å². The van der Waals surface area contributed by atoms with E-state index in [1.165, 1.54) is 22.3 Å². The van der Waals surface area contributed by atoms with Crippen molar-refractivity contribution in [3.8, 4) is 17.3 Å². The molecule has 0 atom stereocenters. The van der Waals surface area contributed by atoms with E-state index in [0.717, 1.165) is 55.9 Å². The van der Waals surface area contributed by atoms with E-state index in [2.05, 4.69) is 231 Å². The molecule has 6 heteroatoms. The molecule has 0 amide bonds. The van der Waals surface area contributed by atoms with Crippen LogP contribution in [0.15, 0.2) is 140 Å². The van der Waals surface area contributed by atoms with Crippen molar-refractivity contribution in [3.63, 3.8) is 0 Å². The molecule has 9 rings (SSSR count). The first-order chi connectivity index (χ1) is 29.4. The maximum absolute atomic E-state index is 6.93. The second-order valence-corrected chi connectivity index (χ2v) is 20.4. The van der Waals surface area contributed by atoms with Crippen LogP contribution in [0, 0.1) is 18.8 Å². The molecule has 6 aromatic carbocycles. The van der Waals surface area contributed by atoms with Gasteiger partial charge in [0.05, 0.1) is 0 Å². The van der Waals surface area contributed by atoms with Crippen LogP contribution < -0.4 is 14.5 Å². The summed E-state index contributed by atoms with van der Waals surface area (Å²) in [4.78, 5) is 9.50. The van der Waals surface area contributed by atoms with E-state index in [9.17, 15) is 0 Å². The van der Waals surface area contributed by atoms with Gasteiger partial charge in [-0.3, -0.25) is 0 Å². The van der Waals surface area contributed by atoms with Crippen molar-refractivity contribution >= 4 is 44.6 Å². The third kappa shape index (κ3) is 8.22. The zero-order chi connectivity index (χ0) is 43.8. The Morgan fingerprint density at radius 3 is 1.83 bits per heavy atom. The number of hydrogen-bond donors (Lipinski definition) is 0. The number of ether oxygens (including phenoxy) is 1. The van der Waals surface area contributed by atoms with Gasteiger partial charge in [0.1, 0.15) is 5.82 Å². The Hall–Kier alpha value is -5.64. The Balaban J connectivity index is 0.00000544. The normalized spacial score (nSPS) is 13.4. The van der Waals surface area contributed by atoms with Crippen LogP contribution in [0.5, 0.6) is 11.5 Å². The number of fused-ring (bicyclic) bond motifs is 4. The van der Waals surface area contributed by atoms with Gasteiger partial charge in [0.15, 0.2) is 0 Å². The molecule has 0 unspecified atom stereocenters. The molecule has 0 aliphatic carbocycles. The summed E-state index contributed by atoms with van der Waals surface area (Å²) < 4.78 is 9.18. The Kier molecular flexibility index (Phi) is 11.3. The molecule has 0 bridgehead atoms. The monoisotopic (exact) mass is 1010 g/mol. The molecular formula is C57H57N4OPt-3. The van der Waals surface area contributed by atoms with Crippen LogP contribution >= 0.6 is 0 Å². The Morgan fingerprint density at radius 2 is 1.16 bits per heavy atom. The second-order valence-electron chi connectivity index (χ2n) is 20.4. The van der Waals surface area contributed by atoms with Crippen molar-refractivity contribution < 1.29 is 25.8 Å². The third-order valence-electron chi connectivity index (χ3n) is 12.5. The van der Waals surface area contributed by atoms with E-state index < -0.39 is 0 Å². The molecule has 0 fully saturated rings. The number of anilines is 4. The quantitative estimate of drug-likeness (QED) is 0.149. The van der Waals surface area contributed by atoms with Crippen LogP contribution in [0.1, 0.15) is 104 Å². The van der Waals surface area contributed by atoms with Crippen LogP contribution in [0.2, 0.25) is 0 Å². The van der Waals surface area contributed by atoms with Crippen LogP contribution in [0.4, 0.5) is 22.7 Å². The van der Waals surface area contributed by atoms with Crippen molar-refractivity contribution in [2.24, 2.45) is 0 Å². The number of hydrogen-bond acceptors (Lipinski definition) is 4. The number of nitrogens with zero attached hydrogens (tertiary/aromatic N) is 4. The van der Waals surface area contributed by atoms with E-state index in [0.29, 0.717) is 11.5 Å². The molecule has 63 heavy (non-hydrogen) atoms. The molecule has 0 N–H and O–H groups in total. The van der Waals surface area contributed by atoms with Crippen LogP contribution in [0.25, 0.3) is 27.6 Å². The molecule has 3 heterocycles. The molecule has 0 saturated heterocycles. The maximum Gasteiger partial charge on any atom is 0.135 e. The summed E-state index contributed by atoms with van der Waals surface area (Å²) in [5.41, 5.74) is 11.9. The van der Waals surface area contributed by atoms with E-state index in [-0.39, 0.29) is 42.7 Å². The fourth-order valence-corrected chi connectivity index (χ4v) is 8.67. The smallest absolute Gasteiger partial charge is 0.135 e.